The Morgan fingerprint density at radius 1 is 0.870 bits per heavy atom. The van der Waals surface area contributed by atoms with E-state index >= 15 is 0 Å². The first-order chi connectivity index (χ1) is 11.4. The maximum Gasteiger partial charge on any atom is 0.0136 e. The van der Waals surface area contributed by atoms with Crippen molar-refractivity contribution < 1.29 is 0 Å². The summed E-state index contributed by atoms with van der Waals surface area (Å²) in [6.07, 6.45) is 15.5. The number of rotatable bonds is 8. The molecule has 0 unspecified atom stereocenters. The lowest BCUT2D eigenvalue weighted by Crippen LogP contribution is -2.46. The van der Waals surface area contributed by atoms with Gasteiger partial charge in [0.1, 0.15) is 0 Å². The van der Waals surface area contributed by atoms with E-state index in [1.54, 1.807) is 11.1 Å². The van der Waals surface area contributed by atoms with Crippen LogP contribution in [0.15, 0.2) is 24.3 Å². The SMILES string of the molecule is CCCCCCCCCN1C[C@H]2CC[C@@H]1Cc1ccccc1C2. The highest BCUT2D eigenvalue weighted by Gasteiger charge is 2.31. The summed E-state index contributed by atoms with van der Waals surface area (Å²) in [6, 6.07) is 10.0. The lowest BCUT2D eigenvalue weighted by molar-refractivity contribution is 0.0990. The molecule has 0 spiro atoms. The second-order valence-corrected chi connectivity index (χ2v) is 7.89. The van der Waals surface area contributed by atoms with Crippen molar-refractivity contribution in [3.8, 4) is 0 Å². The fraction of sp³-hybridized carbons (Fsp3) is 0.727. The van der Waals surface area contributed by atoms with Gasteiger partial charge in [-0.2, -0.15) is 0 Å². The Morgan fingerprint density at radius 2 is 1.57 bits per heavy atom. The summed E-state index contributed by atoms with van der Waals surface area (Å²) in [5.41, 5.74) is 3.27. The van der Waals surface area contributed by atoms with Crippen LogP contribution >= 0.6 is 0 Å². The molecule has 2 bridgehead atoms. The van der Waals surface area contributed by atoms with Gasteiger partial charge in [0, 0.05) is 12.6 Å². The summed E-state index contributed by atoms with van der Waals surface area (Å²) < 4.78 is 0. The topological polar surface area (TPSA) is 3.24 Å². The number of piperidine rings is 1. The van der Waals surface area contributed by atoms with Crippen molar-refractivity contribution in [2.45, 2.75) is 83.6 Å². The number of fused-ring (bicyclic) bond motifs is 2. The van der Waals surface area contributed by atoms with Crippen molar-refractivity contribution in [3.63, 3.8) is 0 Å². The number of nitrogens with zero attached hydrogens (tertiary/aromatic N) is 1. The molecule has 1 fully saturated rings. The average molecular weight is 314 g/mol. The molecule has 0 N–H and O–H groups in total. The van der Waals surface area contributed by atoms with Crippen LogP contribution in [0, 0.1) is 5.92 Å². The highest BCUT2D eigenvalue weighted by Crippen LogP contribution is 2.32. The first-order valence-corrected chi connectivity index (χ1v) is 10.2. The van der Waals surface area contributed by atoms with Crippen LogP contribution in [0.2, 0.25) is 0 Å². The van der Waals surface area contributed by atoms with Crippen LogP contribution in [0.5, 0.6) is 0 Å². The van der Waals surface area contributed by atoms with E-state index in [4.69, 9.17) is 0 Å². The van der Waals surface area contributed by atoms with Crippen molar-refractivity contribution in [3.05, 3.63) is 35.4 Å². The van der Waals surface area contributed by atoms with Gasteiger partial charge in [-0.1, -0.05) is 69.7 Å². The van der Waals surface area contributed by atoms with Gasteiger partial charge in [-0.05, 0) is 55.7 Å². The van der Waals surface area contributed by atoms with Gasteiger partial charge in [0.2, 0.25) is 0 Å². The van der Waals surface area contributed by atoms with Crippen molar-refractivity contribution in [1.29, 1.82) is 0 Å². The molecular formula is C22H35N. The van der Waals surface area contributed by atoms with Gasteiger partial charge in [0.15, 0.2) is 0 Å². The predicted molar refractivity (Wildman–Crippen MR) is 99.9 cm³/mol. The van der Waals surface area contributed by atoms with Crippen molar-refractivity contribution in [2.24, 2.45) is 5.92 Å². The summed E-state index contributed by atoms with van der Waals surface area (Å²) in [4.78, 5) is 2.84. The molecule has 128 valence electrons. The van der Waals surface area contributed by atoms with Crippen molar-refractivity contribution >= 4 is 0 Å². The maximum absolute atomic E-state index is 2.84. The zero-order chi connectivity index (χ0) is 15.9. The minimum Gasteiger partial charge on any atom is -0.300 e. The molecule has 1 heteroatoms. The first-order valence-electron chi connectivity index (χ1n) is 10.2. The second-order valence-electron chi connectivity index (χ2n) is 7.89. The van der Waals surface area contributed by atoms with Gasteiger partial charge in [-0.3, -0.25) is 4.90 Å². The quantitative estimate of drug-likeness (QED) is 0.563. The van der Waals surface area contributed by atoms with Crippen LogP contribution in [-0.2, 0) is 12.8 Å². The number of hydrogen-bond acceptors (Lipinski definition) is 1. The Bertz CT molecular complexity index is 467. The van der Waals surface area contributed by atoms with Crippen molar-refractivity contribution in [2.75, 3.05) is 13.1 Å². The van der Waals surface area contributed by atoms with Crippen molar-refractivity contribution in [1.82, 2.24) is 4.90 Å². The van der Waals surface area contributed by atoms with Gasteiger partial charge >= 0.3 is 0 Å². The van der Waals surface area contributed by atoms with E-state index < -0.39 is 0 Å². The van der Waals surface area contributed by atoms with Crippen LogP contribution in [0.25, 0.3) is 0 Å². The van der Waals surface area contributed by atoms with E-state index in [2.05, 4.69) is 36.1 Å². The molecule has 23 heavy (non-hydrogen) atoms. The molecular weight excluding hydrogens is 278 g/mol. The molecule has 0 radical (unpaired) electrons. The molecule has 2 aliphatic heterocycles. The lowest BCUT2D eigenvalue weighted by atomic mass is 9.80. The molecule has 1 nitrogen and oxygen atoms in total. The van der Waals surface area contributed by atoms with Crippen LogP contribution in [0.1, 0.15) is 75.8 Å². The average Bonchev–Trinajstić information content (AvgIpc) is 2.54. The predicted octanol–water partition coefficient (Wildman–Crippen LogP) is 5.62. The molecule has 1 aliphatic carbocycles. The van der Waals surface area contributed by atoms with E-state index in [-0.39, 0.29) is 0 Å². The molecule has 2 atom stereocenters. The van der Waals surface area contributed by atoms with Crippen LogP contribution in [-0.4, -0.2) is 24.0 Å². The zero-order valence-electron chi connectivity index (χ0n) is 15.1. The molecule has 1 aromatic rings. The molecule has 4 rings (SSSR count). The third-order valence-electron chi connectivity index (χ3n) is 6.05. The normalized spacial score (nSPS) is 24.2. The Hall–Kier alpha value is -0.820. The molecule has 0 aromatic heterocycles. The number of unbranched alkanes of at least 4 members (excludes halogenated alkanes) is 6. The molecule has 1 saturated heterocycles. The summed E-state index contributed by atoms with van der Waals surface area (Å²) >= 11 is 0. The largest absolute Gasteiger partial charge is 0.300 e. The summed E-state index contributed by atoms with van der Waals surface area (Å²) in [5, 5.41) is 0. The van der Waals surface area contributed by atoms with Crippen LogP contribution in [0.4, 0.5) is 0 Å². The monoisotopic (exact) mass is 313 g/mol. The van der Waals surface area contributed by atoms with E-state index in [1.807, 2.05) is 0 Å². The standard InChI is InChI=1S/C22H35N/c1-2-3-4-5-6-7-10-15-23-18-19-13-14-22(23)17-21-12-9-8-11-20(21)16-19/h8-9,11-12,19,22H,2-7,10,13-18H2,1H3/t19-,22+/m0/s1. The van der Waals surface area contributed by atoms with E-state index in [1.165, 1.54) is 83.7 Å². The summed E-state index contributed by atoms with van der Waals surface area (Å²) in [7, 11) is 0. The fourth-order valence-corrected chi connectivity index (χ4v) is 4.65. The maximum atomic E-state index is 2.84. The first kappa shape index (κ1) is 17.0. The number of hydrogen-bond donors (Lipinski definition) is 0. The van der Waals surface area contributed by atoms with E-state index in [9.17, 15) is 0 Å². The van der Waals surface area contributed by atoms with Crippen LogP contribution < -0.4 is 0 Å². The highest BCUT2D eigenvalue weighted by atomic mass is 15.2. The smallest absolute Gasteiger partial charge is 0.0136 e. The minimum absolute atomic E-state index is 0.813. The molecule has 0 saturated carbocycles. The zero-order valence-corrected chi connectivity index (χ0v) is 15.1. The lowest BCUT2D eigenvalue weighted by Gasteiger charge is -2.42. The van der Waals surface area contributed by atoms with E-state index in [0.29, 0.717) is 0 Å². The Balaban J connectivity index is 1.47. The third kappa shape index (κ3) is 4.83. The Labute approximate surface area is 143 Å². The van der Waals surface area contributed by atoms with Gasteiger partial charge in [0.05, 0.1) is 0 Å². The van der Waals surface area contributed by atoms with Gasteiger partial charge in [0.25, 0.3) is 0 Å². The summed E-state index contributed by atoms with van der Waals surface area (Å²) in [6.45, 7) is 5.00. The Morgan fingerprint density at radius 3 is 2.35 bits per heavy atom. The van der Waals surface area contributed by atoms with E-state index in [0.717, 1.165) is 12.0 Å². The van der Waals surface area contributed by atoms with Gasteiger partial charge in [-0.15, -0.1) is 0 Å². The Kier molecular flexibility index (Phi) is 6.56. The van der Waals surface area contributed by atoms with Gasteiger partial charge < -0.3 is 0 Å². The minimum atomic E-state index is 0.813. The van der Waals surface area contributed by atoms with Crippen LogP contribution in [0.3, 0.4) is 0 Å². The number of benzene rings is 1. The van der Waals surface area contributed by atoms with Gasteiger partial charge in [-0.25, -0.2) is 0 Å². The fourth-order valence-electron chi connectivity index (χ4n) is 4.65. The molecule has 3 aliphatic rings. The molecule has 2 heterocycles. The highest BCUT2D eigenvalue weighted by molar-refractivity contribution is 5.29. The molecule has 1 aromatic carbocycles. The second kappa shape index (κ2) is 8.87. The third-order valence-corrected chi connectivity index (χ3v) is 6.05. The molecule has 0 amide bonds. The summed E-state index contributed by atoms with van der Waals surface area (Å²) in [5.74, 6) is 0.900.